The van der Waals surface area contributed by atoms with Crippen LogP contribution in [0.4, 0.5) is 0 Å². The van der Waals surface area contributed by atoms with Crippen molar-refractivity contribution >= 4 is 5.91 Å². The largest absolute Gasteiger partial charge is 0.346 e. The predicted octanol–water partition coefficient (Wildman–Crippen LogP) is 0.414. The lowest BCUT2D eigenvalue weighted by Crippen LogP contribution is -2.26. The second-order valence-corrected chi connectivity index (χ2v) is 4.18. The van der Waals surface area contributed by atoms with Crippen molar-refractivity contribution in [3.8, 4) is 0 Å². The van der Waals surface area contributed by atoms with Gasteiger partial charge >= 0.3 is 0 Å². The molecule has 0 radical (unpaired) electrons. The SMILES string of the molecule is CC(CCN)c1nc(C(=O)NC2CC2)no1. The number of carbonyl (C=O) groups excluding carboxylic acids is 1. The molecule has 0 spiro atoms. The van der Waals surface area contributed by atoms with Gasteiger partial charge in [-0.15, -0.1) is 0 Å². The summed E-state index contributed by atoms with van der Waals surface area (Å²) in [6, 6.07) is 0.302. The first kappa shape index (κ1) is 11.1. The van der Waals surface area contributed by atoms with E-state index in [1.54, 1.807) is 0 Å². The topological polar surface area (TPSA) is 94.0 Å². The Morgan fingerprint density at radius 1 is 1.69 bits per heavy atom. The predicted molar refractivity (Wildman–Crippen MR) is 56.9 cm³/mol. The third kappa shape index (κ3) is 2.57. The smallest absolute Gasteiger partial charge is 0.292 e. The Bertz CT molecular complexity index is 373. The first-order valence-corrected chi connectivity index (χ1v) is 5.55. The Morgan fingerprint density at radius 2 is 2.44 bits per heavy atom. The summed E-state index contributed by atoms with van der Waals surface area (Å²) >= 11 is 0. The highest BCUT2D eigenvalue weighted by molar-refractivity contribution is 5.90. The second-order valence-electron chi connectivity index (χ2n) is 4.18. The normalized spacial score (nSPS) is 17.1. The average molecular weight is 224 g/mol. The van der Waals surface area contributed by atoms with Gasteiger partial charge in [-0.1, -0.05) is 12.1 Å². The minimum absolute atomic E-state index is 0.0972. The van der Waals surface area contributed by atoms with E-state index in [0.29, 0.717) is 18.5 Å². The molecule has 1 aromatic heterocycles. The number of aromatic nitrogens is 2. The molecule has 6 nitrogen and oxygen atoms in total. The van der Waals surface area contributed by atoms with Crippen molar-refractivity contribution in [2.24, 2.45) is 5.73 Å². The van der Waals surface area contributed by atoms with Crippen molar-refractivity contribution in [3.63, 3.8) is 0 Å². The number of amides is 1. The Balaban J connectivity index is 1.97. The van der Waals surface area contributed by atoms with Crippen molar-refractivity contribution in [2.75, 3.05) is 6.54 Å². The number of nitrogens with one attached hydrogen (secondary N) is 1. The van der Waals surface area contributed by atoms with E-state index in [0.717, 1.165) is 19.3 Å². The van der Waals surface area contributed by atoms with Crippen LogP contribution in [0.5, 0.6) is 0 Å². The highest BCUT2D eigenvalue weighted by Gasteiger charge is 2.26. The Morgan fingerprint density at radius 3 is 3.06 bits per heavy atom. The second kappa shape index (κ2) is 4.61. The molecule has 0 bridgehead atoms. The number of nitrogens with zero attached hydrogens (tertiary/aromatic N) is 2. The van der Waals surface area contributed by atoms with E-state index in [4.69, 9.17) is 10.3 Å². The Kier molecular flexibility index (Phi) is 3.19. The summed E-state index contributed by atoms with van der Waals surface area (Å²) in [6.45, 7) is 2.51. The lowest BCUT2D eigenvalue weighted by Gasteiger charge is -2.01. The first-order valence-electron chi connectivity index (χ1n) is 5.55. The molecule has 6 heteroatoms. The Hall–Kier alpha value is -1.43. The highest BCUT2D eigenvalue weighted by Crippen LogP contribution is 2.19. The lowest BCUT2D eigenvalue weighted by molar-refractivity contribution is 0.0937. The minimum atomic E-state index is -0.252. The summed E-state index contributed by atoms with van der Waals surface area (Å²) in [7, 11) is 0. The van der Waals surface area contributed by atoms with Crippen LogP contribution in [0.15, 0.2) is 4.52 Å². The molecule has 1 amide bonds. The quantitative estimate of drug-likeness (QED) is 0.755. The van der Waals surface area contributed by atoms with Gasteiger partial charge in [0.1, 0.15) is 0 Å². The van der Waals surface area contributed by atoms with Crippen LogP contribution >= 0.6 is 0 Å². The summed E-state index contributed by atoms with van der Waals surface area (Å²) < 4.78 is 5.02. The maximum Gasteiger partial charge on any atom is 0.292 e. The summed E-state index contributed by atoms with van der Waals surface area (Å²) in [5.74, 6) is 0.439. The number of carbonyl (C=O) groups is 1. The molecule has 1 aliphatic carbocycles. The van der Waals surface area contributed by atoms with Gasteiger partial charge in [-0.2, -0.15) is 4.98 Å². The third-order valence-corrected chi connectivity index (χ3v) is 2.58. The van der Waals surface area contributed by atoms with Gasteiger partial charge in [-0.3, -0.25) is 4.79 Å². The number of hydrogen-bond donors (Lipinski definition) is 2. The first-order chi connectivity index (χ1) is 7.70. The summed E-state index contributed by atoms with van der Waals surface area (Å²) in [5.41, 5.74) is 5.44. The van der Waals surface area contributed by atoms with Crippen LogP contribution in [-0.2, 0) is 0 Å². The van der Waals surface area contributed by atoms with Gasteiger partial charge < -0.3 is 15.6 Å². The van der Waals surface area contributed by atoms with Crippen LogP contribution < -0.4 is 11.1 Å². The van der Waals surface area contributed by atoms with Gasteiger partial charge in [0.15, 0.2) is 0 Å². The van der Waals surface area contributed by atoms with Crippen LogP contribution in [0, 0.1) is 0 Å². The fourth-order valence-corrected chi connectivity index (χ4v) is 1.38. The van der Waals surface area contributed by atoms with Crippen molar-refractivity contribution in [1.29, 1.82) is 0 Å². The van der Waals surface area contributed by atoms with E-state index in [9.17, 15) is 4.79 Å². The van der Waals surface area contributed by atoms with Crippen molar-refractivity contribution in [2.45, 2.75) is 38.1 Å². The van der Waals surface area contributed by atoms with Crippen molar-refractivity contribution in [1.82, 2.24) is 15.5 Å². The minimum Gasteiger partial charge on any atom is -0.346 e. The molecule has 1 saturated carbocycles. The molecule has 16 heavy (non-hydrogen) atoms. The zero-order valence-electron chi connectivity index (χ0n) is 9.27. The molecule has 3 N–H and O–H groups in total. The molecule has 1 aliphatic rings. The van der Waals surface area contributed by atoms with Gasteiger partial charge in [0.2, 0.25) is 5.89 Å². The molecule has 1 unspecified atom stereocenters. The average Bonchev–Trinajstić information content (AvgIpc) is 2.93. The third-order valence-electron chi connectivity index (χ3n) is 2.58. The van der Waals surface area contributed by atoms with Crippen molar-refractivity contribution < 1.29 is 9.32 Å². The van der Waals surface area contributed by atoms with E-state index in [1.807, 2.05) is 6.92 Å². The van der Waals surface area contributed by atoms with Crippen molar-refractivity contribution in [3.05, 3.63) is 11.7 Å². The molecule has 0 aliphatic heterocycles. The molecule has 1 heterocycles. The van der Waals surface area contributed by atoms with Gasteiger partial charge in [0.25, 0.3) is 11.7 Å². The summed E-state index contributed by atoms with van der Waals surface area (Å²) in [5, 5.41) is 6.47. The summed E-state index contributed by atoms with van der Waals surface area (Å²) in [4.78, 5) is 15.6. The maximum absolute atomic E-state index is 11.6. The van der Waals surface area contributed by atoms with Gasteiger partial charge in [-0.05, 0) is 25.8 Å². The van der Waals surface area contributed by atoms with Gasteiger partial charge in [0.05, 0.1) is 0 Å². The van der Waals surface area contributed by atoms with E-state index in [1.165, 1.54) is 0 Å². The lowest BCUT2D eigenvalue weighted by atomic mass is 10.1. The van der Waals surface area contributed by atoms with Gasteiger partial charge in [-0.25, -0.2) is 0 Å². The molecule has 1 aromatic rings. The number of nitrogens with two attached hydrogens (primary N) is 1. The van der Waals surface area contributed by atoms with E-state index >= 15 is 0 Å². The zero-order valence-corrected chi connectivity index (χ0v) is 9.27. The molecule has 2 rings (SSSR count). The standard InChI is InChI=1S/C10H16N4O2/c1-6(4-5-11)10-13-8(14-16-10)9(15)12-7-2-3-7/h6-7H,2-5,11H2,1H3,(H,12,15). The zero-order chi connectivity index (χ0) is 11.5. The maximum atomic E-state index is 11.6. The fraction of sp³-hybridized carbons (Fsp3) is 0.700. The Labute approximate surface area is 93.6 Å². The molecule has 0 saturated heterocycles. The van der Waals surface area contributed by atoms with Crippen LogP contribution in [0.25, 0.3) is 0 Å². The van der Waals surface area contributed by atoms with Crippen LogP contribution in [0.2, 0.25) is 0 Å². The fourth-order valence-electron chi connectivity index (χ4n) is 1.38. The molecule has 88 valence electrons. The van der Waals surface area contributed by atoms with E-state index in [-0.39, 0.29) is 17.6 Å². The molecular formula is C10H16N4O2. The number of hydrogen-bond acceptors (Lipinski definition) is 5. The molecule has 0 aromatic carbocycles. The molecule has 1 atom stereocenters. The van der Waals surface area contributed by atoms with Crippen LogP contribution in [0.1, 0.15) is 48.6 Å². The van der Waals surface area contributed by atoms with Crippen LogP contribution in [-0.4, -0.2) is 28.6 Å². The monoisotopic (exact) mass is 224 g/mol. The van der Waals surface area contributed by atoms with Crippen LogP contribution in [0.3, 0.4) is 0 Å². The molecule has 1 fully saturated rings. The summed E-state index contributed by atoms with van der Waals surface area (Å²) in [6.07, 6.45) is 2.85. The van der Waals surface area contributed by atoms with E-state index in [2.05, 4.69) is 15.5 Å². The van der Waals surface area contributed by atoms with Gasteiger partial charge in [0, 0.05) is 12.0 Å². The molecular weight excluding hydrogens is 208 g/mol. The number of rotatable bonds is 5. The van der Waals surface area contributed by atoms with E-state index < -0.39 is 0 Å². The highest BCUT2D eigenvalue weighted by atomic mass is 16.5.